The van der Waals surface area contributed by atoms with E-state index in [1.54, 1.807) is 12.0 Å². The molecule has 0 bridgehead atoms. The molecule has 4 heteroatoms. The Hall–Kier alpha value is -0.870. The molecule has 3 nitrogen and oxygen atoms in total. The van der Waals surface area contributed by atoms with Crippen molar-refractivity contribution < 1.29 is 14.7 Å². The van der Waals surface area contributed by atoms with E-state index in [1.807, 2.05) is 30.0 Å². The summed E-state index contributed by atoms with van der Waals surface area (Å²) in [6.45, 7) is 3.44. The molecule has 88 valence electrons. The highest BCUT2D eigenvalue weighted by molar-refractivity contribution is 7.99. The van der Waals surface area contributed by atoms with Gasteiger partial charge in [0.05, 0.1) is 20.2 Å². The van der Waals surface area contributed by atoms with Gasteiger partial charge in [0, 0.05) is 17.1 Å². The number of ether oxygens (including phenoxy) is 1. The van der Waals surface area contributed by atoms with Gasteiger partial charge in [-0.1, -0.05) is 0 Å². The molecule has 0 unspecified atom stereocenters. The van der Waals surface area contributed by atoms with Crippen LogP contribution in [0.15, 0.2) is 18.2 Å². The Labute approximate surface area is 100 Å². The summed E-state index contributed by atoms with van der Waals surface area (Å²) in [6, 6.07) is 5.68. The minimum absolute atomic E-state index is 0.241. The molecule has 1 aliphatic heterocycles. The fourth-order valence-corrected chi connectivity index (χ4v) is 3.04. The van der Waals surface area contributed by atoms with Crippen molar-refractivity contribution >= 4 is 11.8 Å². The van der Waals surface area contributed by atoms with Gasteiger partial charge in [-0.2, -0.15) is 11.8 Å². The van der Waals surface area contributed by atoms with Crippen LogP contribution in [0.25, 0.3) is 0 Å². The summed E-state index contributed by atoms with van der Waals surface area (Å²) in [5.41, 5.74) is 1.18. The van der Waals surface area contributed by atoms with Crippen molar-refractivity contribution in [1.29, 1.82) is 0 Å². The molecule has 1 fully saturated rings. The molecule has 16 heavy (non-hydrogen) atoms. The standard InChI is InChI=1S/C12H17NO2S/c1-15-12-3-2-10(8-11(12)14)9-13-4-6-16-7-5-13/h2-3,8,14H,4-7,9H2,1H3/p+1. The first kappa shape index (κ1) is 11.6. The third-order valence-electron chi connectivity index (χ3n) is 2.90. The van der Waals surface area contributed by atoms with E-state index in [-0.39, 0.29) is 5.75 Å². The second-order valence-electron chi connectivity index (χ2n) is 4.05. The number of aromatic hydroxyl groups is 1. The number of rotatable bonds is 3. The number of benzene rings is 1. The van der Waals surface area contributed by atoms with Gasteiger partial charge in [-0.25, -0.2) is 0 Å². The van der Waals surface area contributed by atoms with E-state index in [2.05, 4.69) is 0 Å². The summed E-state index contributed by atoms with van der Waals surface area (Å²) in [5.74, 6) is 3.29. The van der Waals surface area contributed by atoms with Gasteiger partial charge in [0.1, 0.15) is 6.54 Å². The van der Waals surface area contributed by atoms with Gasteiger partial charge >= 0.3 is 0 Å². The van der Waals surface area contributed by atoms with Gasteiger partial charge < -0.3 is 14.7 Å². The molecule has 2 rings (SSSR count). The Bertz CT molecular complexity index is 351. The van der Waals surface area contributed by atoms with Crippen molar-refractivity contribution in [2.75, 3.05) is 31.7 Å². The van der Waals surface area contributed by atoms with Gasteiger partial charge in [0.2, 0.25) is 0 Å². The van der Waals surface area contributed by atoms with Gasteiger partial charge in [-0.05, 0) is 18.2 Å². The van der Waals surface area contributed by atoms with Gasteiger partial charge in [0.15, 0.2) is 11.5 Å². The molecular weight excluding hydrogens is 222 g/mol. The van der Waals surface area contributed by atoms with Crippen LogP contribution in [0.2, 0.25) is 0 Å². The molecule has 0 aliphatic carbocycles. The van der Waals surface area contributed by atoms with E-state index in [1.165, 1.54) is 30.2 Å². The molecule has 0 atom stereocenters. The third kappa shape index (κ3) is 2.83. The third-order valence-corrected chi connectivity index (χ3v) is 3.88. The Morgan fingerprint density at radius 2 is 2.12 bits per heavy atom. The summed E-state index contributed by atoms with van der Waals surface area (Å²) in [7, 11) is 1.57. The lowest BCUT2D eigenvalue weighted by Gasteiger charge is -2.23. The quantitative estimate of drug-likeness (QED) is 0.809. The molecule has 0 aromatic heterocycles. The number of quaternary nitrogens is 1. The molecule has 0 spiro atoms. The highest BCUT2D eigenvalue weighted by Gasteiger charge is 2.14. The van der Waals surface area contributed by atoms with Gasteiger partial charge in [-0.15, -0.1) is 0 Å². The predicted octanol–water partition coefficient (Wildman–Crippen LogP) is 0.533. The summed E-state index contributed by atoms with van der Waals surface area (Å²) in [4.78, 5) is 1.60. The fraction of sp³-hybridized carbons (Fsp3) is 0.500. The second kappa shape index (κ2) is 5.46. The molecule has 1 aromatic rings. The number of hydrogen-bond donors (Lipinski definition) is 2. The molecule has 1 saturated heterocycles. The van der Waals surface area contributed by atoms with E-state index >= 15 is 0 Å². The van der Waals surface area contributed by atoms with Crippen LogP contribution in [-0.2, 0) is 6.54 Å². The molecule has 1 aromatic carbocycles. The number of methoxy groups -OCH3 is 1. The smallest absolute Gasteiger partial charge is 0.160 e. The van der Waals surface area contributed by atoms with Crippen LogP contribution in [0.3, 0.4) is 0 Å². The van der Waals surface area contributed by atoms with E-state index in [9.17, 15) is 5.11 Å². The van der Waals surface area contributed by atoms with Gasteiger partial charge in [-0.3, -0.25) is 0 Å². The number of phenols is 1. The molecule has 1 heterocycles. The van der Waals surface area contributed by atoms with Crippen LogP contribution in [0, 0.1) is 0 Å². The van der Waals surface area contributed by atoms with Crippen molar-refractivity contribution in [3.8, 4) is 11.5 Å². The van der Waals surface area contributed by atoms with E-state index in [0.29, 0.717) is 5.75 Å². The zero-order valence-electron chi connectivity index (χ0n) is 9.53. The molecule has 2 N–H and O–H groups in total. The lowest BCUT2D eigenvalue weighted by molar-refractivity contribution is -0.910. The SMILES string of the molecule is COc1ccc(C[NH+]2CCSCC2)cc1O. The van der Waals surface area contributed by atoms with Crippen molar-refractivity contribution in [1.82, 2.24) is 0 Å². The Kier molecular flexibility index (Phi) is 3.96. The summed E-state index contributed by atoms with van der Waals surface area (Å²) >= 11 is 2.03. The Balaban J connectivity index is 2.01. The first-order chi connectivity index (χ1) is 7.79. The van der Waals surface area contributed by atoms with Crippen molar-refractivity contribution in [3.63, 3.8) is 0 Å². The number of phenolic OH excluding ortho intramolecular Hbond substituents is 1. The normalized spacial score (nSPS) is 17.3. The van der Waals surface area contributed by atoms with E-state index < -0.39 is 0 Å². The first-order valence-electron chi connectivity index (χ1n) is 5.57. The monoisotopic (exact) mass is 240 g/mol. The minimum Gasteiger partial charge on any atom is -0.504 e. The maximum absolute atomic E-state index is 9.68. The first-order valence-corrected chi connectivity index (χ1v) is 6.72. The minimum atomic E-state index is 0.241. The molecule has 0 radical (unpaired) electrons. The van der Waals surface area contributed by atoms with Crippen LogP contribution >= 0.6 is 11.8 Å². The summed E-state index contributed by atoms with van der Waals surface area (Å²) in [5, 5.41) is 9.68. The van der Waals surface area contributed by atoms with Crippen molar-refractivity contribution in [2.24, 2.45) is 0 Å². The number of hydrogen-bond acceptors (Lipinski definition) is 3. The summed E-state index contributed by atoms with van der Waals surface area (Å²) in [6.07, 6.45) is 0. The van der Waals surface area contributed by atoms with E-state index in [0.717, 1.165) is 6.54 Å². The lowest BCUT2D eigenvalue weighted by atomic mass is 10.2. The maximum atomic E-state index is 9.68. The van der Waals surface area contributed by atoms with Crippen molar-refractivity contribution in [2.45, 2.75) is 6.54 Å². The maximum Gasteiger partial charge on any atom is 0.160 e. The molecular formula is C12H18NO2S+. The molecule has 1 aliphatic rings. The van der Waals surface area contributed by atoms with Crippen LogP contribution < -0.4 is 9.64 Å². The van der Waals surface area contributed by atoms with Crippen LogP contribution in [0.4, 0.5) is 0 Å². The zero-order valence-corrected chi connectivity index (χ0v) is 10.3. The average molecular weight is 240 g/mol. The van der Waals surface area contributed by atoms with Crippen molar-refractivity contribution in [3.05, 3.63) is 23.8 Å². The second-order valence-corrected chi connectivity index (χ2v) is 5.27. The zero-order chi connectivity index (χ0) is 11.4. The Morgan fingerprint density at radius 3 is 2.75 bits per heavy atom. The van der Waals surface area contributed by atoms with Crippen LogP contribution in [0.1, 0.15) is 5.56 Å². The topological polar surface area (TPSA) is 33.9 Å². The predicted molar refractivity (Wildman–Crippen MR) is 66.4 cm³/mol. The highest BCUT2D eigenvalue weighted by atomic mass is 32.2. The number of thioether (sulfide) groups is 1. The largest absolute Gasteiger partial charge is 0.504 e. The van der Waals surface area contributed by atoms with E-state index in [4.69, 9.17) is 4.74 Å². The highest BCUT2D eigenvalue weighted by Crippen LogP contribution is 2.25. The summed E-state index contributed by atoms with van der Waals surface area (Å²) < 4.78 is 5.03. The van der Waals surface area contributed by atoms with Crippen LogP contribution in [0.5, 0.6) is 11.5 Å². The number of nitrogens with one attached hydrogen (secondary N) is 1. The fourth-order valence-electron chi connectivity index (χ4n) is 1.97. The molecule has 0 amide bonds. The Morgan fingerprint density at radius 1 is 1.38 bits per heavy atom. The molecule has 0 saturated carbocycles. The average Bonchev–Trinajstić information content (AvgIpc) is 2.31. The lowest BCUT2D eigenvalue weighted by Crippen LogP contribution is -3.12. The van der Waals surface area contributed by atoms with Crippen LogP contribution in [-0.4, -0.2) is 36.8 Å². The van der Waals surface area contributed by atoms with Gasteiger partial charge in [0.25, 0.3) is 0 Å².